The normalized spacial score (nSPS) is 11.0. The average molecular weight is 606 g/mol. The monoisotopic (exact) mass is 605 g/mol. The molecule has 0 aromatic heterocycles. The third-order valence-corrected chi connectivity index (χ3v) is 8.38. The first kappa shape index (κ1) is 31.0. The molecule has 0 radical (unpaired) electrons. The van der Waals surface area contributed by atoms with Gasteiger partial charge in [-0.05, 0) is 67.4 Å². The minimum absolute atomic E-state index is 0.0941. The van der Waals surface area contributed by atoms with Crippen LogP contribution in [0.1, 0.15) is 21.5 Å². The SMILES string of the molecule is COc1ccc(CCNC(=O)c2ccccc2NC(=O)CN(c2ccccc2F)S(=O)(=O)c2ccc(C)cc2)cc1OC. The molecule has 4 aromatic carbocycles. The van der Waals surface area contributed by atoms with E-state index < -0.39 is 34.2 Å². The first-order valence-corrected chi connectivity index (χ1v) is 14.8. The summed E-state index contributed by atoms with van der Waals surface area (Å²) < 4.78 is 53.3. The smallest absolute Gasteiger partial charge is 0.264 e. The van der Waals surface area contributed by atoms with Gasteiger partial charge in [0.15, 0.2) is 11.5 Å². The number of hydrogen-bond acceptors (Lipinski definition) is 6. The lowest BCUT2D eigenvalue weighted by Gasteiger charge is -2.24. The Bertz CT molecular complexity index is 1710. The van der Waals surface area contributed by atoms with Crippen molar-refractivity contribution in [2.24, 2.45) is 0 Å². The second-order valence-electron chi connectivity index (χ2n) is 9.57. The molecule has 224 valence electrons. The molecule has 0 unspecified atom stereocenters. The summed E-state index contributed by atoms with van der Waals surface area (Å²) in [6.45, 7) is 1.38. The van der Waals surface area contributed by atoms with Crippen molar-refractivity contribution in [1.82, 2.24) is 5.32 Å². The Morgan fingerprint density at radius 3 is 2.23 bits per heavy atom. The number of aryl methyl sites for hydroxylation is 1. The minimum Gasteiger partial charge on any atom is -0.493 e. The van der Waals surface area contributed by atoms with Gasteiger partial charge in [-0.3, -0.25) is 13.9 Å². The minimum atomic E-state index is -4.32. The van der Waals surface area contributed by atoms with Crippen LogP contribution in [-0.4, -0.2) is 47.5 Å². The predicted octanol–water partition coefficient (Wildman–Crippen LogP) is 4.96. The van der Waals surface area contributed by atoms with Gasteiger partial charge >= 0.3 is 0 Å². The van der Waals surface area contributed by atoms with Crippen LogP contribution in [0, 0.1) is 12.7 Å². The van der Waals surface area contributed by atoms with E-state index in [4.69, 9.17) is 9.47 Å². The van der Waals surface area contributed by atoms with Crippen molar-refractivity contribution < 1.29 is 31.9 Å². The summed E-state index contributed by atoms with van der Waals surface area (Å²) in [5, 5.41) is 5.45. The predicted molar refractivity (Wildman–Crippen MR) is 163 cm³/mol. The van der Waals surface area contributed by atoms with Gasteiger partial charge in [0.25, 0.3) is 15.9 Å². The number of amides is 2. The highest BCUT2D eigenvalue weighted by Gasteiger charge is 2.29. The van der Waals surface area contributed by atoms with Crippen molar-refractivity contribution in [3.05, 3.63) is 114 Å². The highest BCUT2D eigenvalue weighted by molar-refractivity contribution is 7.92. The number of carbonyl (C=O) groups is 2. The Kier molecular flexibility index (Phi) is 9.99. The molecule has 0 aliphatic rings. The van der Waals surface area contributed by atoms with E-state index in [1.54, 1.807) is 50.6 Å². The molecule has 0 heterocycles. The number of nitrogens with zero attached hydrogens (tertiary/aromatic N) is 1. The quantitative estimate of drug-likeness (QED) is 0.236. The molecular formula is C32H32FN3O6S. The Balaban J connectivity index is 1.49. The molecule has 4 aromatic rings. The van der Waals surface area contributed by atoms with Crippen molar-refractivity contribution in [3.8, 4) is 11.5 Å². The fourth-order valence-electron chi connectivity index (χ4n) is 4.35. The second kappa shape index (κ2) is 13.8. The molecule has 11 heteroatoms. The van der Waals surface area contributed by atoms with E-state index in [0.717, 1.165) is 17.2 Å². The molecule has 9 nitrogen and oxygen atoms in total. The number of nitrogens with one attached hydrogen (secondary N) is 2. The van der Waals surface area contributed by atoms with E-state index in [1.165, 1.54) is 36.4 Å². The molecule has 0 spiro atoms. The number of methoxy groups -OCH3 is 2. The van der Waals surface area contributed by atoms with Crippen LogP contribution in [0.3, 0.4) is 0 Å². The van der Waals surface area contributed by atoms with E-state index in [-0.39, 0.29) is 21.8 Å². The van der Waals surface area contributed by atoms with Crippen LogP contribution in [0.2, 0.25) is 0 Å². The van der Waals surface area contributed by atoms with Crippen LogP contribution >= 0.6 is 0 Å². The number of anilines is 2. The highest BCUT2D eigenvalue weighted by Crippen LogP contribution is 2.28. The van der Waals surface area contributed by atoms with Crippen molar-refractivity contribution >= 4 is 33.2 Å². The van der Waals surface area contributed by atoms with Gasteiger partial charge in [0.05, 0.1) is 36.1 Å². The summed E-state index contributed by atoms with van der Waals surface area (Å²) in [5.41, 5.74) is 1.84. The lowest BCUT2D eigenvalue weighted by molar-refractivity contribution is -0.114. The molecule has 0 fully saturated rings. The van der Waals surface area contributed by atoms with Gasteiger partial charge < -0.3 is 20.1 Å². The number of halogens is 1. The number of hydrogen-bond donors (Lipinski definition) is 2. The van der Waals surface area contributed by atoms with Crippen molar-refractivity contribution in [2.75, 3.05) is 36.9 Å². The maximum atomic E-state index is 14.8. The molecule has 0 saturated carbocycles. The van der Waals surface area contributed by atoms with Crippen LogP contribution < -0.4 is 24.4 Å². The number of rotatable bonds is 12. The van der Waals surface area contributed by atoms with Gasteiger partial charge in [0, 0.05) is 6.54 Å². The molecule has 4 rings (SSSR count). The van der Waals surface area contributed by atoms with E-state index in [0.29, 0.717) is 28.8 Å². The molecule has 0 aliphatic heterocycles. The molecule has 0 bridgehead atoms. The van der Waals surface area contributed by atoms with Gasteiger partial charge in [-0.2, -0.15) is 0 Å². The maximum Gasteiger partial charge on any atom is 0.264 e. The summed E-state index contributed by atoms with van der Waals surface area (Å²) in [5.74, 6) is -0.826. The fraction of sp³-hybridized carbons (Fsp3) is 0.188. The molecular weight excluding hydrogens is 573 g/mol. The third kappa shape index (κ3) is 7.49. The number of para-hydroxylation sites is 2. The summed E-state index contributed by atoms with van der Waals surface area (Å²) in [4.78, 5) is 26.2. The molecule has 0 atom stereocenters. The van der Waals surface area contributed by atoms with Crippen LogP contribution in [0.25, 0.3) is 0 Å². The van der Waals surface area contributed by atoms with Crippen LogP contribution in [0.4, 0.5) is 15.8 Å². The third-order valence-electron chi connectivity index (χ3n) is 6.61. The van der Waals surface area contributed by atoms with Crippen molar-refractivity contribution in [1.29, 1.82) is 0 Å². The number of benzene rings is 4. The van der Waals surface area contributed by atoms with E-state index in [1.807, 2.05) is 19.1 Å². The van der Waals surface area contributed by atoms with Crippen molar-refractivity contribution in [3.63, 3.8) is 0 Å². The van der Waals surface area contributed by atoms with Gasteiger partial charge in [0.2, 0.25) is 5.91 Å². The number of carbonyl (C=O) groups excluding carboxylic acids is 2. The molecule has 0 aliphatic carbocycles. The largest absolute Gasteiger partial charge is 0.493 e. The molecule has 0 saturated heterocycles. The van der Waals surface area contributed by atoms with E-state index >= 15 is 0 Å². The van der Waals surface area contributed by atoms with Crippen molar-refractivity contribution in [2.45, 2.75) is 18.2 Å². The zero-order valence-corrected chi connectivity index (χ0v) is 24.8. The Morgan fingerprint density at radius 2 is 1.53 bits per heavy atom. The Morgan fingerprint density at radius 1 is 0.860 bits per heavy atom. The average Bonchev–Trinajstić information content (AvgIpc) is 3.00. The summed E-state index contributed by atoms with van der Waals surface area (Å²) in [7, 11) is -1.22. The van der Waals surface area contributed by atoms with Crippen LogP contribution in [-0.2, 0) is 21.2 Å². The lowest BCUT2D eigenvalue weighted by atomic mass is 10.1. The Labute approximate surface area is 250 Å². The second-order valence-corrected chi connectivity index (χ2v) is 11.4. The summed E-state index contributed by atoms with van der Waals surface area (Å²) in [6, 6.07) is 23.2. The standard InChI is InChI=1S/C32H32FN3O6S/c1-22-12-15-24(16-13-22)43(39,40)36(28-11-7-5-9-26(28)33)21-31(37)35-27-10-6-4-8-25(27)32(38)34-19-18-23-14-17-29(41-2)30(20-23)42-3/h4-17,20H,18-19,21H2,1-3H3,(H,34,38)(H,35,37). The van der Waals surface area contributed by atoms with Gasteiger partial charge in [-0.15, -0.1) is 0 Å². The van der Waals surface area contributed by atoms with E-state index in [2.05, 4.69) is 10.6 Å². The zero-order chi connectivity index (χ0) is 31.0. The van der Waals surface area contributed by atoms with Gasteiger partial charge in [0.1, 0.15) is 12.4 Å². The number of ether oxygens (including phenoxy) is 2. The summed E-state index contributed by atoms with van der Waals surface area (Å²) in [6.07, 6.45) is 0.509. The first-order chi connectivity index (χ1) is 20.6. The molecule has 43 heavy (non-hydrogen) atoms. The summed E-state index contributed by atoms with van der Waals surface area (Å²) >= 11 is 0. The maximum absolute atomic E-state index is 14.8. The van der Waals surface area contributed by atoms with Gasteiger partial charge in [-0.25, -0.2) is 12.8 Å². The fourth-order valence-corrected chi connectivity index (χ4v) is 5.78. The van der Waals surface area contributed by atoms with Crippen LogP contribution in [0.5, 0.6) is 11.5 Å². The van der Waals surface area contributed by atoms with Crippen LogP contribution in [0.15, 0.2) is 95.9 Å². The highest BCUT2D eigenvalue weighted by atomic mass is 32.2. The lowest BCUT2D eigenvalue weighted by Crippen LogP contribution is -2.39. The molecule has 2 N–H and O–H groups in total. The van der Waals surface area contributed by atoms with E-state index in [9.17, 15) is 22.4 Å². The zero-order valence-electron chi connectivity index (χ0n) is 24.0. The molecule has 2 amide bonds. The number of sulfonamides is 1. The van der Waals surface area contributed by atoms with Gasteiger partial charge in [-0.1, -0.05) is 48.0 Å². The Hall–Kier alpha value is -4.90. The topological polar surface area (TPSA) is 114 Å². The first-order valence-electron chi connectivity index (χ1n) is 13.4.